The molecule has 2 aromatic rings. The maximum atomic E-state index is 6.43. The smallest absolute Gasteiger partial charge is 0.160 e. The summed E-state index contributed by atoms with van der Waals surface area (Å²) in [5, 5.41) is 0. The van der Waals surface area contributed by atoms with Gasteiger partial charge in [0, 0.05) is 12.7 Å². The van der Waals surface area contributed by atoms with Crippen LogP contribution in [0.1, 0.15) is 45.9 Å². The van der Waals surface area contributed by atoms with Crippen LogP contribution in [0.4, 0.5) is 0 Å². The molecular weight excluding hydrogens is 224 g/mol. The van der Waals surface area contributed by atoms with E-state index in [1.54, 1.807) is 0 Å². The Labute approximate surface area is 108 Å². The molecule has 4 nitrogen and oxygen atoms in total. The van der Waals surface area contributed by atoms with Gasteiger partial charge in [-0.3, -0.25) is 0 Å². The van der Waals surface area contributed by atoms with E-state index in [1.807, 2.05) is 18.3 Å². The van der Waals surface area contributed by atoms with E-state index in [9.17, 15) is 0 Å². The zero-order valence-electron chi connectivity index (χ0n) is 11.5. The first-order valence-corrected chi connectivity index (χ1v) is 6.70. The minimum absolute atomic E-state index is 0.384. The number of nitrogens with zero attached hydrogens (tertiary/aromatic N) is 3. The van der Waals surface area contributed by atoms with Gasteiger partial charge in [-0.15, -0.1) is 0 Å². The summed E-state index contributed by atoms with van der Waals surface area (Å²) in [6, 6.07) is 3.92. The number of aromatic nitrogens is 3. The quantitative estimate of drug-likeness (QED) is 0.882. The number of pyridine rings is 1. The number of fused-ring (bicyclic) bond motifs is 1. The highest BCUT2D eigenvalue weighted by Gasteiger charge is 2.27. The molecule has 2 aromatic heterocycles. The summed E-state index contributed by atoms with van der Waals surface area (Å²) in [5.74, 6) is 0.958. The summed E-state index contributed by atoms with van der Waals surface area (Å²) in [7, 11) is 0. The molecule has 1 atom stereocenters. The molecule has 0 fully saturated rings. The van der Waals surface area contributed by atoms with E-state index >= 15 is 0 Å². The van der Waals surface area contributed by atoms with Gasteiger partial charge in [0.15, 0.2) is 5.65 Å². The van der Waals surface area contributed by atoms with Crippen LogP contribution in [-0.2, 0) is 12.1 Å². The SMILES string of the molecule is CCCn1c(C(C)(N)CCC)nc2cccnc21. The second kappa shape index (κ2) is 5.06. The molecule has 18 heavy (non-hydrogen) atoms. The number of hydrogen-bond acceptors (Lipinski definition) is 3. The summed E-state index contributed by atoms with van der Waals surface area (Å²) >= 11 is 0. The number of aryl methyl sites for hydroxylation is 1. The lowest BCUT2D eigenvalue weighted by atomic mass is 9.96. The Bertz CT molecular complexity index is 528. The fourth-order valence-electron chi connectivity index (χ4n) is 2.46. The van der Waals surface area contributed by atoms with Crippen LogP contribution < -0.4 is 5.73 Å². The molecule has 2 heterocycles. The predicted octanol–water partition coefficient (Wildman–Crippen LogP) is 2.82. The summed E-state index contributed by atoms with van der Waals surface area (Å²) < 4.78 is 2.17. The maximum Gasteiger partial charge on any atom is 0.160 e. The average Bonchev–Trinajstić information content (AvgIpc) is 2.70. The molecule has 0 aliphatic carbocycles. The van der Waals surface area contributed by atoms with Crippen molar-refractivity contribution in [2.75, 3.05) is 0 Å². The fraction of sp³-hybridized carbons (Fsp3) is 0.571. The Balaban J connectivity index is 2.58. The van der Waals surface area contributed by atoms with Gasteiger partial charge >= 0.3 is 0 Å². The first-order chi connectivity index (χ1) is 8.60. The van der Waals surface area contributed by atoms with Crippen LogP contribution in [0.3, 0.4) is 0 Å². The molecule has 0 saturated carbocycles. The lowest BCUT2D eigenvalue weighted by Gasteiger charge is -2.24. The van der Waals surface area contributed by atoms with Crippen LogP contribution in [0.5, 0.6) is 0 Å². The van der Waals surface area contributed by atoms with E-state index in [0.717, 1.165) is 42.8 Å². The molecule has 0 amide bonds. The molecule has 0 bridgehead atoms. The van der Waals surface area contributed by atoms with Gasteiger partial charge in [0.2, 0.25) is 0 Å². The molecule has 2 rings (SSSR count). The van der Waals surface area contributed by atoms with Crippen molar-refractivity contribution in [2.45, 2.75) is 52.1 Å². The van der Waals surface area contributed by atoms with Crippen molar-refractivity contribution in [3.05, 3.63) is 24.2 Å². The minimum Gasteiger partial charge on any atom is -0.319 e. The zero-order chi connectivity index (χ0) is 13.2. The van der Waals surface area contributed by atoms with Gasteiger partial charge in [-0.05, 0) is 31.9 Å². The first-order valence-electron chi connectivity index (χ1n) is 6.70. The third-order valence-electron chi connectivity index (χ3n) is 3.23. The van der Waals surface area contributed by atoms with Gasteiger partial charge in [0.1, 0.15) is 11.3 Å². The standard InChI is InChI=1S/C14H22N4/c1-4-8-14(3,15)13-17-11-7-6-9-16-12(11)18(13)10-5-2/h6-7,9H,4-5,8,10,15H2,1-3H3. The summed E-state index contributed by atoms with van der Waals surface area (Å²) in [4.78, 5) is 9.14. The first kappa shape index (κ1) is 13.0. The molecule has 0 aromatic carbocycles. The average molecular weight is 246 g/mol. The Hall–Kier alpha value is -1.42. The van der Waals surface area contributed by atoms with Crippen LogP contribution in [0.2, 0.25) is 0 Å². The van der Waals surface area contributed by atoms with Crippen molar-refractivity contribution < 1.29 is 0 Å². The Morgan fingerprint density at radius 2 is 2.11 bits per heavy atom. The van der Waals surface area contributed by atoms with Crippen molar-refractivity contribution in [3.63, 3.8) is 0 Å². The largest absolute Gasteiger partial charge is 0.319 e. The maximum absolute atomic E-state index is 6.43. The van der Waals surface area contributed by atoms with Crippen molar-refractivity contribution in [2.24, 2.45) is 5.73 Å². The van der Waals surface area contributed by atoms with Crippen LogP contribution in [0, 0.1) is 0 Å². The second-order valence-electron chi connectivity index (χ2n) is 5.10. The Kier molecular flexibility index (Phi) is 3.66. The van der Waals surface area contributed by atoms with Crippen LogP contribution in [0.15, 0.2) is 18.3 Å². The molecule has 98 valence electrons. The molecule has 2 N–H and O–H groups in total. The van der Waals surface area contributed by atoms with Gasteiger partial charge in [-0.1, -0.05) is 20.3 Å². The summed E-state index contributed by atoms with van der Waals surface area (Å²) in [6.07, 6.45) is 4.85. The number of nitrogens with two attached hydrogens (primary N) is 1. The van der Waals surface area contributed by atoms with Crippen LogP contribution in [-0.4, -0.2) is 14.5 Å². The third-order valence-corrected chi connectivity index (χ3v) is 3.23. The van der Waals surface area contributed by atoms with Crippen molar-refractivity contribution in [1.29, 1.82) is 0 Å². The van der Waals surface area contributed by atoms with E-state index in [2.05, 4.69) is 30.3 Å². The topological polar surface area (TPSA) is 56.7 Å². The van der Waals surface area contributed by atoms with E-state index in [4.69, 9.17) is 10.7 Å². The van der Waals surface area contributed by atoms with Crippen molar-refractivity contribution in [1.82, 2.24) is 14.5 Å². The van der Waals surface area contributed by atoms with E-state index < -0.39 is 0 Å². The molecule has 0 spiro atoms. The van der Waals surface area contributed by atoms with E-state index in [0.29, 0.717) is 0 Å². The van der Waals surface area contributed by atoms with Crippen LogP contribution >= 0.6 is 0 Å². The van der Waals surface area contributed by atoms with E-state index in [1.165, 1.54) is 0 Å². The van der Waals surface area contributed by atoms with Crippen LogP contribution in [0.25, 0.3) is 11.2 Å². The molecule has 0 aliphatic rings. The normalized spacial score (nSPS) is 14.9. The van der Waals surface area contributed by atoms with Gasteiger partial charge in [-0.2, -0.15) is 0 Å². The van der Waals surface area contributed by atoms with Crippen molar-refractivity contribution in [3.8, 4) is 0 Å². The van der Waals surface area contributed by atoms with Gasteiger partial charge in [-0.25, -0.2) is 9.97 Å². The number of rotatable bonds is 5. The lowest BCUT2D eigenvalue weighted by molar-refractivity contribution is 0.399. The molecule has 0 saturated heterocycles. The lowest BCUT2D eigenvalue weighted by Crippen LogP contribution is -2.36. The monoisotopic (exact) mass is 246 g/mol. The Morgan fingerprint density at radius 3 is 2.78 bits per heavy atom. The summed E-state index contributed by atoms with van der Waals surface area (Å²) in [6.45, 7) is 7.28. The van der Waals surface area contributed by atoms with Gasteiger partial charge < -0.3 is 10.3 Å². The van der Waals surface area contributed by atoms with E-state index in [-0.39, 0.29) is 5.54 Å². The molecule has 4 heteroatoms. The highest BCUT2D eigenvalue weighted by atomic mass is 15.2. The highest BCUT2D eigenvalue weighted by molar-refractivity contribution is 5.71. The summed E-state index contributed by atoms with van der Waals surface area (Å²) in [5.41, 5.74) is 7.93. The zero-order valence-corrected chi connectivity index (χ0v) is 11.5. The van der Waals surface area contributed by atoms with Gasteiger partial charge in [0.25, 0.3) is 0 Å². The van der Waals surface area contributed by atoms with Crippen molar-refractivity contribution >= 4 is 11.2 Å². The number of imidazole rings is 1. The second-order valence-corrected chi connectivity index (χ2v) is 5.10. The van der Waals surface area contributed by atoms with Gasteiger partial charge in [0.05, 0.1) is 5.54 Å². The fourth-order valence-corrected chi connectivity index (χ4v) is 2.46. The molecule has 0 aliphatic heterocycles. The number of hydrogen-bond donors (Lipinski definition) is 1. The predicted molar refractivity (Wildman–Crippen MR) is 74.3 cm³/mol. The molecular formula is C14H22N4. The molecule has 1 unspecified atom stereocenters. The minimum atomic E-state index is -0.384. The highest BCUT2D eigenvalue weighted by Crippen LogP contribution is 2.26. The molecule has 0 radical (unpaired) electrons. The third kappa shape index (κ3) is 2.25. The Morgan fingerprint density at radius 1 is 1.33 bits per heavy atom.